The van der Waals surface area contributed by atoms with Gasteiger partial charge in [0.1, 0.15) is 0 Å². The lowest BCUT2D eigenvalue weighted by atomic mass is 10.00. The molecule has 0 fully saturated rings. The van der Waals surface area contributed by atoms with Crippen molar-refractivity contribution in [3.8, 4) is 0 Å². The largest absolute Gasteiger partial charge is 0.465 e. The zero-order chi connectivity index (χ0) is 29.9. The summed E-state index contributed by atoms with van der Waals surface area (Å²) >= 11 is 0. The Morgan fingerprint density at radius 2 is 0.805 bits per heavy atom. The van der Waals surface area contributed by atoms with Gasteiger partial charge in [0.2, 0.25) is 0 Å². The summed E-state index contributed by atoms with van der Waals surface area (Å²) in [6.07, 6.45) is 49.6. The highest BCUT2D eigenvalue weighted by Crippen LogP contribution is 2.15. The van der Waals surface area contributed by atoms with E-state index in [1.165, 1.54) is 128 Å². The van der Waals surface area contributed by atoms with Crippen molar-refractivity contribution in [1.29, 1.82) is 0 Å². The number of amides is 1. The van der Waals surface area contributed by atoms with E-state index in [1.807, 2.05) is 0 Å². The van der Waals surface area contributed by atoms with Gasteiger partial charge in [-0.2, -0.15) is 0 Å². The maximum atomic E-state index is 11.2. The topological polar surface area (TPSA) is 49.3 Å². The molecular formula is C38H69NO2. The summed E-state index contributed by atoms with van der Waals surface area (Å²) in [5.74, 6) is 0. The van der Waals surface area contributed by atoms with Crippen molar-refractivity contribution < 1.29 is 9.90 Å². The van der Waals surface area contributed by atoms with Crippen LogP contribution in [0.2, 0.25) is 0 Å². The highest BCUT2D eigenvalue weighted by molar-refractivity contribution is 5.64. The molecule has 0 heterocycles. The SMILES string of the molecule is CCCCC/C=C/C/C=C/CCCCCCCCC(CCCCCCCC/C=C/C/C=C/CCCCC)NC(=O)O. The van der Waals surface area contributed by atoms with Crippen molar-refractivity contribution >= 4 is 6.09 Å². The van der Waals surface area contributed by atoms with Gasteiger partial charge in [-0.05, 0) is 77.0 Å². The monoisotopic (exact) mass is 572 g/mol. The van der Waals surface area contributed by atoms with Crippen LogP contribution in [0.4, 0.5) is 4.79 Å². The van der Waals surface area contributed by atoms with Crippen LogP contribution >= 0.6 is 0 Å². The molecule has 3 nitrogen and oxygen atoms in total. The molecule has 0 saturated carbocycles. The van der Waals surface area contributed by atoms with Gasteiger partial charge in [0.05, 0.1) is 0 Å². The minimum Gasteiger partial charge on any atom is -0.465 e. The Kier molecular flexibility index (Phi) is 32.9. The summed E-state index contributed by atoms with van der Waals surface area (Å²) in [7, 11) is 0. The maximum absolute atomic E-state index is 11.2. The van der Waals surface area contributed by atoms with E-state index >= 15 is 0 Å². The fraction of sp³-hybridized carbons (Fsp3) is 0.763. The molecule has 0 aliphatic carbocycles. The van der Waals surface area contributed by atoms with E-state index in [0.29, 0.717) is 0 Å². The molecule has 2 N–H and O–H groups in total. The van der Waals surface area contributed by atoms with Crippen molar-refractivity contribution in [3.05, 3.63) is 48.6 Å². The van der Waals surface area contributed by atoms with E-state index < -0.39 is 6.09 Å². The zero-order valence-corrected chi connectivity index (χ0v) is 27.4. The molecule has 0 aromatic carbocycles. The van der Waals surface area contributed by atoms with Gasteiger partial charge in [-0.15, -0.1) is 0 Å². The summed E-state index contributed by atoms with van der Waals surface area (Å²) in [6, 6.07) is 0.129. The first kappa shape index (κ1) is 39.2. The van der Waals surface area contributed by atoms with Gasteiger partial charge in [0.15, 0.2) is 0 Å². The van der Waals surface area contributed by atoms with Crippen LogP contribution in [0.3, 0.4) is 0 Å². The molecule has 0 unspecified atom stereocenters. The molecule has 238 valence electrons. The van der Waals surface area contributed by atoms with Gasteiger partial charge in [-0.3, -0.25) is 0 Å². The molecule has 0 atom stereocenters. The van der Waals surface area contributed by atoms with E-state index in [-0.39, 0.29) is 6.04 Å². The third-order valence-corrected chi connectivity index (χ3v) is 7.83. The number of hydrogen-bond donors (Lipinski definition) is 2. The molecular weight excluding hydrogens is 502 g/mol. The standard InChI is InChI=1S/C38H69NO2/c1-3-5-7-9-11-13-15-17-19-21-23-25-27-29-31-33-35-37(39-38(40)41)36-34-32-30-28-26-24-22-20-18-16-14-12-10-8-6-4-2/h11-14,17-20,37,39H,3-10,15-16,21-36H2,1-2H3,(H,40,41)/b13-11+,14-12+,19-17+,20-18+. The molecule has 0 aliphatic rings. The Hall–Kier alpha value is -1.77. The number of hydrogen-bond acceptors (Lipinski definition) is 1. The molecule has 0 spiro atoms. The van der Waals surface area contributed by atoms with Crippen molar-refractivity contribution in [2.45, 2.75) is 187 Å². The van der Waals surface area contributed by atoms with Crippen molar-refractivity contribution in [2.24, 2.45) is 0 Å². The summed E-state index contributed by atoms with van der Waals surface area (Å²) in [4.78, 5) is 11.2. The highest BCUT2D eigenvalue weighted by atomic mass is 16.4. The second-order valence-corrected chi connectivity index (χ2v) is 11.9. The molecule has 0 aromatic rings. The Bertz CT molecular complexity index is 601. The lowest BCUT2D eigenvalue weighted by Crippen LogP contribution is -2.33. The molecule has 0 aliphatic heterocycles. The van der Waals surface area contributed by atoms with E-state index in [2.05, 4.69) is 67.8 Å². The van der Waals surface area contributed by atoms with Gasteiger partial charge in [0, 0.05) is 6.04 Å². The fourth-order valence-corrected chi connectivity index (χ4v) is 5.22. The highest BCUT2D eigenvalue weighted by Gasteiger charge is 2.10. The Balaban J connectivity index is 3.63. The number of nitrogens with one attached hydrogen (secondary N) is 1. The second-order valence-electron chi connectivity index (χ2n) is 11.9. The van der Waals surface area contributed by atoms with Crippen LogP contribution in [-0.2, 0) is 0 Å². The summed E-state index contributed by atoms with van der Waals surface area (Å²) in [5.41, 5.74) is 0. The zero-order valence-electron chi connectivity index (χ0n) is 27.4. The maximum Gasteiger partial charge on any atom is 0.404 e. The predicted octanol–water partition coefficient (Wildman–Crippen LogP) is 13.0. The molecule has 0 rings (SSSR count). The molecule has 41 heavy (non-hydrogen) atoms. The van der Waals surface area contributed by atoms with Crippen LogP contribution in [0.15, 0.2) is 48.6 Å². The van der Waals surface area contributed by atoms with E-state index in [1.54, 1.807) is 0 Å². The molecule has 1 amide bonds. The van der Waals surface area contributed by atoms with E-state index in [9.17, 15) is 9.90 Å². The number of unbranched alkanes of at least 4 members (excludes halogenated alkanes) is 18. The minimum atomic E-state index is -0.866. The van der Waals surface area contributed by atoms with Crippen LogP contribution in [0.1, 0.15) is 181 Å². The summed E-state index contributed by atoms with van der Waals surface area (Å²) in [5, 5.41) is 12.0. The van der Waals surface area contributed by atoms with E-state index in [4.69, 9.17) is 0 Å². The first-order valence-corrected chi connectivity index (χ1v) is 17.8. The van der Waals surface area contributed by atoms with Crippen LogP contribution in [0.25, 0.3) is 0 Å². The lowest BCUT2D eigenvalue weighted by Gasteiger charge is -2.16. The quantitative estimate of drug-likeness (QED) is 0.0642. The second kappa shape index (κ2) is 34.4. The number of carbonyl (C=O) groups is 1. The van der Waals surface area contributed by atoms with Crippen LogP contribution in [0.5, 0.6) is 0 Å². The smallest absolute Gasteiger partial charge is 0.404 e. The number of allylic oxidation sites excluding steroid dienone is 8. The van der Waals surface area contributed by atoms with Crippen LogP contribution in [0, 0.1) is 0 Å². The number of carboxylic acid groups (broad SMARTS) is 1. The molecule has 0 radical (unpaired) electrons. The Labute approximate surface area is 256 Å². The fourth-order valence-electron chi connectivity index (χ4n) is 5.22. The third kappa shape index (κ3) is 34.3. The van der Waals surface area contributed by atoms with Gasteiger partial charge in [-0.25, -0.2) is 4.79 Å². The van der Waals surface area contributed by atoms with Crippen LogP contribution in [-0.4, -0.2) is 17.2 Å². The Morgan fingerprint density at radius 1 is 0.488 bits per heavy atom. The first-order chi connectivity index (χ1) is 20.2. The third-order valence-electron chi connectivity index (χ3n) is 7.83. The summed E-state index contributed by atoms with van der Waals surface area (Å²) < 4.78 is 0. The van der Waals surface area contributed by atoms with Crippen molar-refractivity contribution in [2.75, 3.05) is 0 Å². The predicted molar refractivity (Wildman–Crippen MR) is 183 cm³/mol. The Morgan fingerprint density at radius 3 is 1.15 bits per heavy atom. The molecule has 0 bridgehead atoms. The molecule has 0 saturated heterocycles. The lowest BCUT2D eigenvalue weighted by molar-refractivity contribution is 0.187. The average molecular weight is 572 g/mol. The van der Waals surface area contributed by atoms with Crippen molar-refractivity contribution in [3.63, 3.8) is 0 Å². The van der Waals surface area contributed by atoms with Crippen LogP contribution < -0.4 is 5.32 Å². The normalized spacial score (nSPS) is 12.3. The van der Waals surface area contributed by atoms with Gasteiger partial charge in [0.25, 0.3) is 0 Å². The van der Waals surface area contributed by atoms with E-state index in [0.717, 1.165) is 38.5 Å². The number of rotatable bonds is 31. The molecule has 3 heteroatoms. The average Bonchev–Trinajstić information content (AvgIpc) is 2.96. The van der Waals surface area contributed by atoms with Gasteiger partial charge < -0.3 is 10.4 Å². The first-order valence-electron chi connectivity index (χ1n) is 17.8. The molecule has 0 aromatic heterocycles. The minimum absolute atomic E-state index is 0.129. The van der Waals surface area contributed by atoms with Crippen molar-refractivity contribution in [1.82, 2.24) is 5.32 Å². The summed E-state index contributed by atoms with van der Waals surface area (Å²) in [6.45, 7) is 4.51. The van der Waals surface area contributed by atoms with Gasteiger partial charge in [-0.1, -0.05) is 152 Å². The van der Waals surface area contributed by atoms with Gasteiger partial charge >= 0.3 is 6.09 Å².